The number of anilines is 1. The van der Waals surface area contributed by atoms with E-state index in [1.807, 2.05) is 19.9 Å². The molecule has 2 saturated heterocycles. The average molecular weight is 334 g/mol. The van der Waals surface area contributed by atoms with Gasteiger partial charge in [0.15, 0.2) is 0 Å². The van der Waals surface area contributed by atoms with Crippen molar-refractivity contribution in [3.63, 3.8) is 0 Å². The van der Waals surface area contributed by atoms with Crippen LogP contribution in [0.15, 0.2) is 12.4 Å². The zero-order valence-electron chi connectivity index (χ0n) is 14.6. The lowest BCUT2D eigenvalue weighted by atomic mass is 9.79. The zero-order chi connectivity index (χ0) is 17.1. The van der Waals surface area contributed by atoms with E-state index in [-0.39, 0.29) is 29.9 Å². The molecule has 2 fully saturated rings. The van der Waals surface area contributed by atoms with E-state index >= 15 is 0 Å². The molecule has 1 aromatic rings. The maximum Gasteiger partial charge on any atom is 0.223 e. The fraction of sp³-hybridized carbons (Fsp3) is 0.706. The van der Waals surface area contributed by atoms with Crippen LogP contribution in [0.3, 0.4) is 0 Å². The summed E-state index contributed by atoms with van der Waals surface area (Å²) in [6.07, 6.45) is 3.35. The highest BCUT2D eigenvalue weighted by molar-refractivity contribution is 5.79. The van der Waals surface area contributed by atoms with Crippen LogP contribution in [-0.2, 0) is 9.53 Å². The molecule has 2 aliphatic rings. The third-order valence-corrected chi connectivity index (χ3v) is 4.80. The number of ether oxygens (including phenoxy) is 2. The maximum absolute atomic E-state index is 12.6. The van der Waals surface area contributed by atoms with Crippen molar-refractivity contribution in [1.82, 2.24) is 15.3 Å². The molecule has 2 aliphatic heterocycles. The van der Waals surface area contributed by atoms with Crippen molar-refractivity contribution in [3.05, 3.63) is 12.4 Å². The number of rotatable bonds is 4. The first-order chi connectivity index (χ1) is 11.6. The summed E-state index contributed by atoms with van der Waals surface area (Å²) in [6, 6.07) is 2.00. The lowest BCUT2D eigenvalue weighted by molar-refractivity contribution is -0.137. The number of aromatic nitrogens is 2. The van der Waals surface area contributed by atoms with E-state index in [9.17, 15) is 4.79 Å². The second kappa shape index (κ2) is 7.34. The minimum atomic E-state index is -0.00215. The number of hydrogen-bond donors (Lipinski definition) is 1. The molecule has 0 bridgehead atoms. The molecule has 3 rings (SSSR count). The molecular formula is C17H26N4O3. The Morgan fingerprint density at radius 3 is 3.00 bits per heavy atom. The van der Waals surface area contributed by atoms with Crippen LogP contribution in [-0.4, -0.2) is 54.8 Å². The van der Waals surface area contributed by atoms with Gasteiger partial charge in [-0.15, -0.1) is 0 Å². The van der Waals surface area contributed by atoms with Crippen molar-refractivity contribution in [2.75, 3.05) is 31.7 Å². The van der Waals surface area contributed by atoms with Gasteiger partial charge in [-0.25, -0.2) is 9.97 Å². The number of nitrogens with one attached hydrogen (secondary N) is 1. The van der Waals surface area contributed by atoms with Crippen LogP contribution in [0.2, 0.25) is 0 Å². The van der Waals surface area contributed by atoms with E-state index in [4.69, 9.17) is 9.47 Å². The van der Waals surface area contributed by atoms with E-state index < -0.39 is 0 Å². The lowest BCUT2D eigenvalue weighted by Crippen LogP contribution is -2.54. The van der Waals surface area contributed by atoms with Gasteiger partial charge in [0.05, 0.1) is 13.2 Å². The molecule has 7 heteroatoms. The smallest absolute Gasteiger partial charge is 0.223 e. The molecule has 1 N–H and O–H groups in total. The predicted octanol–water partition coefficient (Wildman–Crippen LogP) is 1.24. The Balaban J connectivity index is 1.75. The molecule has 0 aromatic carbocycles. The Labute approximate surface area is 142 Å². The van der Waals surface area contributed by atoms with Crippen LogP contribution >= 0.6 is 0 Å². The number of methoxy groups -OCH3 is 1. The second-order valence-corrected chi connectivity index (χ2v) is 6.78. The molecule has 3 heterocycles. The summed E-state index contributed by atoms with van der Waals surface area (Å²) >= 11 is 0. The second-order valence-electron chi connectivity index (χ2n) is 6.78. The molecule has 0 aliphatic carbocycles. The van der Waals surface area contributed by atoms with E-state index in [1.54, 1.807) is 7.11 Å². The van der Waals surface area contributed by atoms with Crippen LogP contribution in [0.5, 0.6) is 5.88 Å². The number of hydrogen-bond acceptors (Lipinski definition) is 6. The molecule has 132 valence electrons. The molecule has 24 heavy (non-hydrogen) atoms. The van der Waals surface area contributed by atoms with Crippen molar-refractivity contribution >= 4 is 11.7 Å². The van der Waals surface area contributed by atoms with Crippen LogP contribution in [0.4, 0.5) is 5.82 Å². The summed E-state index contributed by atoms with van der Waals surface area (Å²) in [5.41, 5.74) is 0. The van der Waals surface area contributed by atoms with Gasteiger partial charge < -0.3 is 19.7 Å². The highest BCUT2D eigenvalue weighted by Crippen LogP contribution is 2.35. The molecule has 1 amide bonds. The normalized spacial score (nSPS) is 26.8. The molecule has 0 spiro atoms. The first-order valence-corrected chi connectivity index (χ1v) is 8.61. The van der Waals surface area contributed by atoms with Crippen LogP contribution in [0, 0.1) is 11.8 Å². The van der Waals surface area contributed by atoms with Crippen LogP contribution in [0.25, 0.3) is 0 Å². The number of fused-ring (bicyclic) bond motifs is 1. The van der Waals surface area contributed by atoms with Gasteiger partial charge in [-0.3, -0.25) is 4.79 Å². The summed E-state index contributed by atoms with van der Waals surface area (Å²) < 4.78 is 11.1. The number of amides is 1. The number of nitrogens with zero attached hydrogens (tertiary/aromatic N) is 3. The van der Waals surface area contributed by atoms with Crippen molar-refractivity contribution in [3.8, 4) is 5.88 Å². The highest BCUT2D eigenvalue weighted by Gasteiger charge is 2.42. The van der Waals surface area contributed by atoms with Crippen molar-refractivity contribution in [2.45, 2.75) is 38.8 Å². The van der Waals surface area contributed by atoms with Crippen LogP contribution < -0.4 is 15.0 Å². The maximum atomic E-state index is 12.6. The molecule has 0 radical (unpaired) electrons. The van der Waals surface area contributed by atoms with Crippen molar-refractivity contribution < 1.29 is 14.3 Å². The molecule has 0 saturated carbocycles. The van der Waals surface area contributed by atoms with Crippen molar-refractivity contribution in [2.24, 2.45) is 11.8 Å². The fourth-order valence-corrected chi connectivity index (χ4v) is 3.65. The zero-order valence-corrected chi connectivity index (χ0v) is 14.6. The first kappa shape index (κ1) is 17.0. The first-order valence-electron chi connectivity index (χ1n) is 8.61. The minimum absolute atomic E-state index is 0.00215. The molecular weight excluding hydrogens is 308 g/mol. The standard InChI is InChI=1S/C17H26N4O3/c1-11(2)20-17(22)12-5-7-24-14-4-6-21(9-13(12)14)15-8-16(23-3)19-10-18-15/h8,10-14H,4-7,9H2,1-3H3,(H,20,22)/t12-,13+,14-/m1/s1. The quantitative estimate of drug-likeness (QED) is 0.893. The lowest BCUT2D eigenvalue weighted by Gasteiger charge is -2.45. The fourth-order valence-electron chi connectivity index (χ4n) is 3.65. The van der Waals surface area contributed by atoms with E-state index in [0.29, 0.717) is 12.5 Å². The molecule has 7 nitrogen and oxygen atoms in total. The largest absolute Gasteiger partial charge is 0.481 e. The van der Waals surface area contributed by atoms with Gasteiger partial charge >= 0.3 is 0 Å². The van der Waals surface area contributed by atoms with Gasteiger partial charge in [-0.1, -0.05) is 0 Å². The van der Waals surface area contributed by atoms with Gasteiger partial charge in [0.2, 0.25) is 11.8 Å². The Hall–Kier alpha value is -1.89. The summed E-state index contributed by atoms with van der Waals surface area (Å²) in [7, 11) is 1.60. The third kappa shape index (κ3) is 3.61. The van der Waals surface area contributed by atoms with Gasteiger partial charge in [0.1, 0.15) is 12.1 Å². The van der Waals surface area contributed by atoms with Gasteiger partial charge in [0.25, 0.3) is 0 Å². The minimum Gasteiger partial charge on any atom is -0.481 e. The number of carbonyl (C=O) groups is 1. The molecule has 0 unspecified atom stereocenters. The van der Waals surface area contributed by atoms with Crippen molar-refractivity contribution in [1.29, 1.82) is 0 Å². The van der Waals surface area contributed by atoms with Crippen LogP contribution in [0.1, 0.15) is 26.7 Å². The summed E-state index contributed by atoms with van der Waals surface area (Å²) in [5, 5.41) is 3.06. The summed E-state index contributed by atoms with van der Waals surface area (Å²) in [4.78, 5) is 23.2. The average Bonchev–Trinajstić information content (AvgIpc) is 2.60. The number of carbonyl (C=O) groups excluding carboxylic acids is 1. The van der Waals surface area contributed by atoms with E-state index in [1.165, 1.54) is 6.33 Å². The Kier molecular flexibility index (Phi) is 5.18. The monoisotopic (exact) mass is 334 g/mol. The van der Waals surface area contributed by atoms with E-state index in [0.717, 1.165) is 31.7 Å². The highest BCUT2D eigenvalue weighted by atomic mass is 16.5. The third-order valence-electron chi connectivity index (χ3n) is 4.80. The van der Waals surface area contributed by atoms with Gasteiger partial charge in [-0.2, -0.15) is 0 Å². The molecule has 3 atom stereocenters. The summed E-state index contributed by atoms with van der Waals surface area (Å²) in [6.45, 7) is 6.28. The Morgan fingerprint density at radius 1 is 1.42 bits per heavy atom. The predicted molar refractivity (Wildman–Crippen MR) is 90.0 cm³/mol. The topological polar surface area (TPSA) is 76.6 Å². The van der Waals surface area contributed by atoms with Gasteiger partial charge in [-0.05, 0) is 26.7 Å². The Bertz CT molecular complexity index is 581. The van der Waals surface area contributed by atoms with Gasteiger partial charge in [0, 0.05) is 43.6 Å². The summed E-state index contributed by atoms with van der Waals surface area (Å²) in [5.74, 6) is 1.72. The molecule has 1 aromatic heterocycles. The number of piperidine rings is 1. The van der Waals surface area contributed by atoms with E-state index in [2.05, 4.69) is 20.2 Å². The Morgan fingerprint density at radius 2 is 2.25 bits per heavy atom. The SMILES string of the molecule is COc1cc(N2CC[C@H]3OCC[C@@H](C(=O)NC(C)C)[C@@H]3C2)ncn1.